The smallest absolute Gasteiger partial charge is 0.318 e. The van der Waals surface area contributed by atoms with Crippen LogP contribution in [0, 0.1) is 0 Å². The van der Waals surface area contributed by atoms with Crippen molar-refractivity contribution in [2.45, 2.75) is 19.4 Å². The molecule has 0 aromatic rings. The fourth-order valence-electron chi connectivity index (χ4n) is 0.744. The van der Waals surface area contributed by atoms with Crippen LogP contribution in [0.3, 0.4) is 0 Å². The highest BCUT2D eigenvalue weighted by molar-refractivity contribution is 5.94. The van der Waals surface area contributed by atoms with Crippen molar-refractivity contribution < 1.29 is 14.7 Å². The van der Waals surface area contributed by atoms with E-state index in [2.05, 4.69) is 5.32 Å². The molecule has 0 heterocycles. The minimum Gasteiger partial charge on any atom is -0.396 e. The van der Waals surface area contributed by atoms with Gasteiger partial charge in [-0.25, -0.2) is 4.79 Å². The zero-order valence-electron chi connectivity index (χ0n) is 7.54. The zero-order chi connectivity index (χ0) is 10.3. The zero-order valence-corrected chi connectivity index (χ0v) is 7.54. The monoisotopic (exact) mass is 189 g/mol. The molecular weight excluding hydrogens is 174 g/mol. The number of rotatable bonds is 5. The summed E-state index contributed by atoms with van der Waals surface area (Å²) < 4.78 is 0. The topological polar surface area (TPSA) is 104 Å². The summed E-state index contributed by atoms with van der Waals surface area (Å²) in [6, 6.07) is -0.828. The number of primary amides is 1. The number of carbonyl (C=O) groups is 2. The third-order valence-electron chi connectivity index (χ3n) is 1.44. The fourth-order valence-corrected chi connectivity index (χ4v) is 0.744. The van der Waals surface area contributed by atoms with E-state index in [4.69, 9.17) is 10.8 Å². The first-order valence-electron chi connectivity index (χ1n) is 3.99. The molecule has 0 saturated heterocycles. The Bertz CT molecular complexity index is 184. The molecule has 0 aliphatic carbocycles. The number of aliphatic hydroxyl groups excluding tert-OH is 1. The van der Waals surface area contributed by atoms with Crippen LogP contribution in [0.4, 0.5) is 4.79 Å². The van der Waals surface area contributed by atoms with E-state index >= 15 is 0 Å². The maximum atomic E-state index is 10.8. The Morgan fingerprint density at radius 2 is 2.15 bits per heavy atom. The molecule has 1 unspecified atom stereocenters. The molecule has 6 heteroatoms. The SMILES string of the molecule is CC(CCO)NCC(=O)NC(N)=O. The van der Waals surface area contributed by atoms with E-state index in [0.717, 1.165) is 0 Å². The summed E-state index contributed by atoms with van der Waals surface area (Å²) in [6.07, 6.45) is 0.559. The lowest BCUT2D eigenvalue weighted by Crippen LogP contribution is -2.42. The summed E-state index contributed by atoms with van der Waals surface area (Å²) in [4.78, 5) is 21.0. The highest BCUT2D eigenvalue weighted by atomic mass is 16.3. The van der Waals surface area contributed by atoms with Crippen LogP contribution in [-0.2, 0) is 4.79 Å². The summed E-state index contributed by atoms with van der Waals surface area (Å²) >= 11 is 0. The van der Waals surface area contributed by atoms with Crippen LogP contribution in [0.25, 0.3) is 0 Å². The highest BCUT2D eigenvalue weighted by Crippen LogP contribution is 1.86. The van der Waals surface area contributed by atoms with Crippen LogP contribution in [0.2, 0.25) is 0 Å². The molecule has 3 amide bonds. The number of nitrogens with one attached hydrogen (secondary N) is 2. The lowest BCUT2D eigenvalue weighted by Gasteiger charge is -2.10. The number of hydrogen-bond acceptors (Lipinski definition) is 4. The van der Waals surface area contributed by atoms with Crippen molar-refractivity contribution in [3.63, 3.8) is 0 Å². The molecule has 0 saturated carbocycles. The highest BCUT2D eigenvalue weighted by Gasteiger charge is 2.05. The van der Waals surface area contributed by atoms with Gasteiger partial charge in [-0.05, 0) is 13.3 Å². The predicted molar refractivity (Wildman–Crippen MR) is 46.9 cm³/mol. The quantitative estimate of drug-likeness (QED) is 0.424. The first-order chi connectivity index (χ1) is 6.06. The average molecular weight is 189 g/mol. The Labute approximate surface area is 76.5 Å². The fraction of sp³-hybridized carbons (Fsp3) is 0.714. The molecule has 0 fully saturated rings. The summed E-state index contributed by atoms with van der Waals surface area (Å²) in [5.74, 6) is -0.475. The molecule has 13 heavy (non-hydrogen) atoms. The van der Waals surface area contributed by atoms with Crippen LogP contribution in [0.15, 0.2) is 0 Å². The maximum absolute atomic E-state index is 10.8. The first kappa shape index (κ1) is 11.9. The summed E-state index contributed by atoms with van der Waals surface area (Å²) in [5, 5.41) is 13.3. The lowest BCUT2D eigenvalue weighted by atomic mass is 10.2. The van der Waals surface area contributed by atoms with Crippen molar-refractivity contribution in [2.75, 3.05) is 13.2 Å². The molecule has 5 N–H and O–H groups in total. The second-order valence-corrected chi connectivity index (χ2v) is 2.71. The molecule has 0 aromatic carbocycles. The molecule has 6 nitrogen and oxygen atoms in total. The van der Waals surface area contributed by atoms with Gasteiger partial charge in [-0.2, -0.15) is 0 Å². The summed E-state index contributed by atoms with van der Waals surface area (Å²) in [6.45, 7) is 1.91. The summed E-state index contributed by atoms with van der Waals surface area (Å²) in [7, 11) is 0. The Hall–Kier alpha value is -1.14. The second-order valence-electron chi connectivity index (χ2n) is 2.71. The third-order valence-corrected chi connectivity index (χ3v) is 1.44. The van der Waals surface area contributed by atoms with E-state index < -0.39 is 11.9 Å². The van der Waals surface area contributed by atoms with Crippen LogP contribution >= 0.6 is 0 Å². The van der Waals surface area contributed by atoms with Crippen molar-refractivity contribution in [2.24, 2.45) is 5.73 Å². The van der Waals surface area contributed by atoms with Crippen LogP contribution in [-0.4, -0.2) is 36.2 Å². The average Bonchev–Trinajstić information content (AvgIpc) is 2.00. The van der Waals surface area contributed by atoms with Crippen molar-refractivity contribution in [1.82, 2.24) is 10.6 Å². The maximum Gasteiger partial charge on any atom is 0.318 e. The number of amides is 3. The molecule has 0 radical (unpaired) electrons. The minimum atomic E-state index is -0.860. The molecule has 0 spiro atoms. The van der Waals surface area contributed by atoms with Gasteiger partial charge in [-0.15, -0.1) is 0 Å². The Balaban J connectivity index is 3.51. The van der Waals surface area contributed by atoms with Crippen molar-refractivity contribution >= 4 is 11.9 Å². The van der Waals surface area contributed by atoms with E-state index in [-0.39, 0.29) is 19.2 Å². The van der Waals surface area contributed by atoms with Gasteiger partial charge in [0.05, 0.1) is 6.54 Å². The molecular formula is C7H15N3O3. The Kier molecular flexibility index (Phi) is 5.82. The summed E-state index contributed by atoms with van der Waals surface area (Å²) in [5.41, 5.74) is 4.72. The molecule has 76 valence electrons. The molecule has 1 atom stereocenters. The van der Waals surface area contributed by atoms with Crippen LogP contribution < -0.4 is 16.4 Å². The number of urea groups is 1. The van der Waals surface area contributed by atoms with Gasteiger partial charge >= 0.3 is 6.03 Å². The number of aliphatic hydroxyl groups is 1. The van der Waals surface area contributed by atoms with Crippen molar-refractivity contribution in [3.8, 4) is 0 Å². The van der Waals surface area contributed by atoms with Gasteiger partial charge in [0.1, 0.15) is 0 Å². The van der Waals surface area contributed by atoms with E-state index in [9.17, 15) is 9.59 Å². The van der Waals surface area contributed by atoms with E-state index in [1.807, 2.05) is 12.2 Å². The standard InChI is InChI=1S/C7H15N3O3/c1-5(2-3-11)9-4-6(12)10-7(8)13/h5,9,11H,2-4H2,1H3,(H3,8,10,12,13). The lowest BCUT2D eigenvalue weighted by molar-refractivity contribution is -0.119. The number of hydrogen-bond donors (Lipinski definition) is 4. The van der Waals surface area contributed by atoms with Gasteiger partial charge in [-0.1, -0.05) is 0 Å². The Morgan fingerprint density at radius 3 is 2.62 bits per heavy atom. The van der Waals surface area contributed by atoms with Crippen LogP contribution in [0.5, 0.6) is 0 Å². The van der Waals surface area contributed by atoms with Gasteiger partial charge in [0.15, 0.2) is 0 Å². The van der Waals surface area contributed by atoms with Gasteiger partial charge in [0, 0.05) is 12.6 Å². The predicted octanol–water partition coefficient (Wildman–Crippen LogP) is -1.46. The molecule has 0 rings (SSSR count). The largest absolute Gasteiger partial charge is 0.396 e. The molecule has 0 aromatic heterocycles. The Morgan fingerprint density at radius 1 is 1.54 bits per heavy atom. The van der Waals surface area contributed by atoms with Crippen molar-refractivity contribution in [3.05, 3.63) is 0 Å². The normalized spacial score (nSPS) is 12.2. The van der Waals surface area contributed by atoms with Gasteiger partial charge < -0.3 is 16.2 Å². The third kappa shape index (κ3) is 7.23. The van der Waals surface area contributed by atoms with Crippen LogP contribution in [0.1, 0.15) is 13.3 Å². The number of imide groups is 1. The van der Waals surface area contributed by atoms with E-state index in [1.165, 1.54) is 0 Å². The first-order valence-corrected chi connectivity index (χ1v) is 3.99. The van der Waals surface area contributed by atoms with Gasteiger partial charge in [0.25, 0.3) is 0 Å². The number of carbonyl (C=O) groups excluding carboxylic acids is 2. The second kappa shape index (κ2) is 6.38. The van der Waals surface area contributed by atoms with E-state index in [1.54, 1.807) is 0 Å². The number of nitrogens with two attached hydrogens (primary N) is 1. The molecule has 0 aliphatic heterocycles. The van der Waals surface area contributed by atoms with Gasteiger partial charge in [0.2, 0.25) is 5.91 Å². The van der Waals surface area contributed by atoms with Crippen molar-refractivity contribution in [1.29, 1.82) is 0 Å². The molecule has 0 aliphatic rings. The minimum absolute atomic E-state index is 0.0180. The molecule has 0 bridgehead atoms. The van der Waals surface area contributed by atoms with E-state index in [0.29, 0.717) is 6.42 Å². The van der Waals surface area contributed by atoms with Gasteiger partial charge in [-0.3, -0.25) is 10.1 Å².